The highest BCUT2D eigenvalue weighted by Gasteiger charge is 2.09. The van der Waals surface area contributed by atoms with E-state index < -0.39 is 0 Å². The number of nitrogens with one attached hydrogen (secondary N) is 1. The van der Waals surface area contributed by atoms with Crippen LogP contribution in [-0.4, -0.2) is 15.2 Å². The quantitative estimate of drug-likeness (QED) is 0.822. The third-order valence-electron chi connectivity index (χ3n) is 2.33. The lowest BCUT2D eigenvalue weighted by atomic mass is 10.0. The molecule has 0 aliphatic heterocycles. The van der Waals surface area contributed by atoms with Crippen LogP contribution in [0.25, 0.3) is 11.4 Å². The monoisotopic (exact) mass is 207 g/mol. The largest absolute Gasteiger partial charge is 0.259 e. The number of rotatable bonds is 2. The molecule has 1 aromatic carbocycles. The Labute approximate surface area is 88.9 Å². The van der Waals surface area contributed by atoms with E-state index in [2.05, 4.69) is 29.0 Å². The van der Waals surface area contributed by atoms with Crippen molar-refractivity contribution in [3.8, 4) is 11.4 Å². The molecular weight excluding hydrogens is 193 g/mol. The Morgan fingerprint density at radius 1 is 1.40 bits per heavy atom. The van der Waals surface area contributed by atoms with Gasteiger partial charge in [-0.15, -0.1) is 0 Å². The van der Waals surface area contributed by atoms with Crippen molar-refractivity contribution in [3.63, 3.8) is 0 Å². The van der Waals surface area contributed by atoms with Gasteiger partial charge in [-0.05, 0) is 23.6 Å². The number of halogens is 1. The van der Waals surface area contributed by atoms with Gasteiger partial charge in [-0.25, -0.2) is 9.37 Å². The standard InChI is InChI=1S/C11H12FN3.H2/c1-7(2)8-3-4-10(12)9(5-8)11-13-6-14-15-11;/h3-7H,1-2H3,(H,13,14,15);1H. The van der Waals surface area contributed by atoms with E-state index in [0.717, 1.165) is 5.56 Å². The van der Waals surface area contributed by atoms with E-state index in [1.807, 2.05) is 0 Å². The lowest BCUT2D eigenvalue weighted by Gasteiger charge is -2.07. The highest BCUT2D eigenvalue weighted by atomic mass is 19.1. The van der Waals surface area contributed by atoms with Gasteiger partial charge in [0, 0.05) is 1.43 Å². The number of nitrogens with zero attached hydrogens (tertiary/aromatic N) is 2. The van der Waals surface area contributed by atoms with E-state index in [-0.39, 0.29) is 7.24 Å². The van der Waals surface area contributed by atoms with Crippen molar-refractivity contribution in [2.45, 2.75) is 19.8 Å². The molecule has 2 aromatic rings. The van der Waals surface area contributed by atoms with Crippen molar-refractivity contribution in [2.24, 2.45) is 0 Å². The van der Waals surface area contributed by atoms with Crippen LogP contribution in [0.5, 0.6) is 0 Å². The van der Waals surface area contributed by atoms with Crippen LogP contribution in [0.2, 0.25) is 0 Å². The van der Waals surface area contributed by atoms with Crippen molar-refractivity contribution >= 4 is 0 Å². The Morgan fingerprint density at radius 2 is 2.20 bits per heavy atom. The third kappa shape index (κ3) is 1.88. The van der Waals surface area contributed by atoms with Crippen molar-refractivity contribution < 1.29 is 5.82 Å². The molecule has 0 aliphatic rings. The number of H-pyrrole nitrogens is 1. The topological polar surface area (TPSA) is 41.6 Å². The van der Waals surface area contributed by atoms with Crippen molar-refractivity contribution in [1.82, 2.24) is 15.2 Å². The Hall–Kier alpha value is -1.71. The third-order valence-corrected chi connectivity index (χ3v) is 2.33. The molecule has 0 aliphatic carbocycles. The minimum Gasteiger partial charge on any atom is -0.259 e. The van der Waals surface area contributed by atoms with E-state index >= 15 is 0 Å². The molecular formula is C11H14FN3. The molecule has 0 unspecified atom stereocenters. The lowest BCUT2D eigenvalue weighted by molar-refractivity contribution is 0.628. The zero-order chi connectivity index (χ0) is 10.8. The Kier molecular flexibility index (Phi) is 2.49. The zero-order valence-corrected chi connectivity index (χ0v) is 8.66. The van der Waals surface area contributed by atoms with Gasteiger partial charge in [0.1, 0.15) is 12.1 Å². The first-order valence-corrected chi connectivity index (χ1v) is 4.83. The number of aromatic nitrogens is 3. The first-order valence-electron chi connectivity index (χ1n) is 4.83. The molecule has 0 saturated carbocycles. The maximum absolute atomic E-state index is 13.5. The summed E-state index contributed by atoms with van der Waals surface area (Å²) in [7, 11) is 0. The summed E-state index contributed by atoms with van der Waals surface area (Å²) in [6, 6.07) is 5.06. The smallest absolute Gasteiger partial charge is 0.158 e. The van der Waals surface area contributed by atoms with E-state index in [1.54, 1.807) is 12.1 Å². The van der Waals surface area contributed by atoms with Gasteiger partial charge in [0.2, 0.25) is 0 Å². The fourth-order valence-electron chi connectivity index (χ4n) is 1.42. The minimum atomic E-state index is -0.281. The summed E-state index contributed by atoms with van der Waals surface area (Å²) in [4.78, 5) is 3.94. The number of benzene rings is 1. The second kappa shape index (κ2) is 3.81. The minimum absolute atomic E-state index is 0. The zero-order valence-electron chi connectivity index (χ0n) is 8.66. The normalized spacial score (nSPS) is 10.9. The van der Waals surface area contributed by atoms with Crippen LogP contribution in [0.3, 0.4) is 0 Å². The molecule has 0 radical (unpaired) electrons. The molecule has 80 valence electrons. The second-order valence-electron chi connectivity index (χ2n) is 3.73. The fourth-order valence-corrected chi connectivity index (χ4v) is 1.42. The SMILES string of the molecule is CC(C)c1ccc(F)c(-c2ncn[nH]2)c1.[HH]. The van der Waals surface area contributed by atoms with Crippen LogP contribution >= 0.6 is 0 Å². The second-order valence-corrected chi connectivity index (χ2v) is 3.73. The highest BCUT2D eigenvalue weighted by molar-refractivity contribution is 5.56. The van der Waals surface area contributed by atoms with E-state index in [9.17, 15) is 4.39 Å². The average Bonchev–Trinajstić information content (AvgIpc) is 2.71. The first kappa shape index (κ1) is 9.83. The van der Waals surface area contributed by atoms with E-state index in [1.165, 1.54) is 12.4 Å². The summed E-state index contributed by atoms with van der Waals surface area (Å²) in [5.41, 5.74) is 1.56. The number of hydrogen-bond donors (Lipinski definition) is 1. The molecule has 0 saturated heterocycles. The molecule has 1 N–H and O–H groups in total. The molecule has 0 spiro atoms. The summed E-state index contributed by atoms with van der Waals surface area (Å²) >= 11 is 0. The first-order chi connectivity index (χ1) is 7.18. The van der Waals surface area contributed by atoms with Crippen LogP contribution in [0.15, 0.2) is 24.5 Å². The maximum Gasteiger partial charge on any atom is 0.158 e. The average molecular weight is 207 g/mol. The lowest BCUT2D eigenvalue weighted by Crippen LogP contribution is -1.92. The molecule has 0 amide bonds. The molecule has 1 aromatic heterocycles. The van der Waals surface area contributed by atoms with Crippen molar-refractivity contribution in [3.05, 3.63) is 35.9 Å². The van der Waals surface area contributed by atoms with Crippen molar-refractivity contribution in [1.29, 1.82) is 0 Å². The van der Waals surface area contributed by atoms with E-state index in [0.29, 0.717) is 17.3 Å². The van der Waals surface area contributed by atoms with Crippen LogP contribution in [0, 0.1) is 5.82 Å². The summed E-state index contributed by atoms with van der Waals surface area (Å²) in [5, 5.41) is 6.37. The molecule has 3 nitrogen and oxygen atoms in total. The highest BCUT2D eigenvalue weighted by Crippen LogP contribution is 2.23. The number of hydrogen-bond acceptors (Lipinski definition) is 2. The molecule has 2 rings (SSSR count). The van der Waals surface area contributed by atoms with Gasteiger partial charge in [0.25, 0.3) is 0 Å². The molecule has 0 atom stereocenters. The molecule has 0 fully saturated rings. The van der Waals surface area contributed by atoms with Gasteiger partial charge in [0.15, 0.2) is 5.82 Å². The van der Waals surface area contributed by atoms with Crippen molar-refractivity contribution in [2.75, 3.05) is 0 Å². The Balaban J connectivity index is 0.00000128. The summed E-state index contributed by atoms with van der Waals surface area (Å²) < 4.78 is 13.5. The number of aromatic amines is 1. The van der Waals surface area contributed by atoms with Crippen LogP contribution in [-0.2, 0) is 0 Å². The molecule has 4 heteroatoms. The molecule has 1 heterocycles. The van der Waals surface area contributed by atoms with Crippen LogP contribution in [0.1, 0.15) is 26.8 Å². The molecule has 15 heavy (non-hydrogen) atoms. The summed E-state index contributed by atoms with van der Waals surface area (Å²) in [6.07, 6.45) is 1.37. The van der Waals surface area contributed by atoms with Gasteiger partial charge in [-0.3, -0.25) is 5.10 Å². The Morgan fingerprint density at radius 3 is 2.80 bits per heavy atom. The predicted molar refractivity (Wildman–Crippen MR) is 58.0 cm³/mol. The maximum atomic E-state index is 13.5. The Bertz CT molecular complexity index is 454. The summed E-state index contributed by atoms with van der Waals surface area (Å²) in [5.74, 6) is 0.554. The van der Waals surface area contributed by atoms with Gasteiger partial charge >= 0.3 is 0 Å². The molecule has 0 bridgehead atoms. The van der Waals surface area contributed by atoms with Gasteiger partial charge in [-0.2, -0.15) is 5.10 Å². The van der Waals surface area contributed by atoms with Crippen LogP contribution < -0.4 is 0 Å². The predicted octanol–water partition coefficient (Wildman–Crippen LogP) is 2.98. The van der Waals surface area contributed by atoms with Gasteiger partial charge in [0.05, 0.1) is 5.56 Å². The van der Waals surface area contributed by atoms with Gasteiger partial charge in [-0.1, -0.05) is 19.9 Å². The van der Waals surface area contributed by atoms with Crippen LogP contribution in [0.4, 0.5) is 4.39 Å². The van der Waals surface area contributed by atoms with E-state index in [4.69, 9.17) is 0 Å². The fraction of sp³-hybridized carbons (Fsp3) is 0.273. The van der Waals surface area contributed by atoms with Gasteiger partial charge < -0.3 is 0 Å². The summed E-state index contributed by atoms with van der Waals surface area (Å²) in [6.45, 7) is 4.13.